The van der Waals surface area contributed by atoms with Crippen molar-refractivity contribution >= 4 is 22.6 Å². The average molecular weight is 314 g/mol. The predicted molar refractivity (Wildman–Crippen MR) is 89.8 cm³/mol. The fourth-order valence-corrected chi connectivity index (χ4v) is 2.69. The second-order valence-electron chi connectivity index (χ2n) is 4.66. The van der Waals surface area contributed by atoms with Gasteiger partial charge in [-0.15, -0.1) is 0 Å². The van der Waals surface area contributed by atoms with E-state index in [-0.39, 0.29) is 5.91 Å². The highest BCUT2D eigenvalue weighted by Gasteiger charge is 2.13. The lowest BCUT2D eigenvalue weighted by molar-refractivity contribution is 0.0967. The largest absolute Gasteiger partial charge is 0.326 e. The molecule has 1 atom stereocenters. The smallest absolute Gasteiger partial charge is 0.257 e. The van der Waals surface area contributed by atoms with Gasteiger partial charge in [-0.3, -0.25) is 4.79 Å². The van der Waals surface area contributed by atoms with Crippen LogP contribution in [0.4, 0.5) is 5.69 Å². The van der Waals surface area contributed by atoms with E-state index in [0.29, 0.717) is 16.1 Å². The number of rotatable bonds is 5. The van der Waals surface area contributed by atoms with Crippen LogP contribution in [0.25, 0.3) is 0 Å². The van der Waals surface area contributed by atoms with Crippen molar-refractivity contribution in [1.29, 1.82) is 0 Å². The molecule has 0 saturated heterocycles. The molecule has 0 aromatic heterocycles. The molecule has 0 aliphatic rings. The van der Waals surface area contributed by atoms with Crippen LogP contribution in [0.15, 0.2) is 71.3 Å². The number of hydrogen-bond donors (Lipinski definition) is 2. The Bertz CT molecular complexity index is 712. The van der Waals surface area contributed by atoms with Gasteiger partial charge in [-0.2, -0.15) is 0 Å². The Kier molecular flexibility index (Phi) is 5.49. The summed E-state index contributed by atoms with van der Waals surface area (Å²) in [6.45, 7) is 3.67. The zero-order valence-electron chi connectivity index (χ0n) is 12.5. The summed E-state index contributed by atoms with van der Waals surface area (Å²) in [4.78, 5) is 12.9. The molecular weight excluding hydrogens is 296 g/mol. The second-order valence-corrected chi connectivity index (χ2v) is 5.87. The number of para-hydroxylation sites is 1. The lowest BCUT2D eigenvalue weighted by Crippen LogP contribution is -2.22. The van der Waals surface area contributed by atoms with Gasteiger partial charge < -0.3 is 10.0 Å². The monoisotopic (exact) mass is 314 g/mol. The maximum atomic E-state index is 12.3. The molecule has 1 unspecified atom stereocenters. The third-order valence-electron chi connectivity index (χ3n) is 3.08. The Balaban J connectivity index is 2.22. The minimum Gasteiger partial charge on any atom is -0.326 e. The molecule has 0 aliphatic carbocycles. The molecule has 5 heteroatoms. The Morgan fingerprint density at radius 1 is 1.05 bits per heavy atom. The van der Waals surface area contributed by atoms with Crippen molar-refractivity contribution in [3.63, 3.8) is 0 Å². The Morgan fingerprint density at radius 2 is 1.68 bits per heavy atom. The van der Waals surface area contributed by atoms with Crippen LogP contribution in [0.2, 0.25) is 0 Å². The normalized spacial score (nSPS) is 12.5. The van der Waals surface area contributed by atoms with E-state index in [9.17, 15) is 9.00 Å². The molecule has 0 heterocycles. The first kappa shape index (κ1) is 16.0. The summed E-state index contributed by atoms with van der Waals surface area (Å²) in [6, 6.07) is 16.1. The minimum absolute atomic E-state index is 0.233. The van der Waals surface area contributed by atoms with E-state index in [2.05, 4.69) is 10.0 Å². The number of benzene rings is 2. The fraction of sp³-hybridized carbons (Fsp3) is 0.118. The molecule has 2 rings (SSSR count). The first-order valence-electron chi connectivity index (χ1n) is 6.88. The van der Waals surface area contributed by atoms with Gasteiger partial charge in [-0.25, -0.2) is 4.21 Å². The fourth-order valence-electron chi connectivity index (χ4n) is 1.79. The van der Waals surface area contributed by atoms with Crippen LogP contribution >= 0.6 is 0 Å². The van der Waals surface area contributed by atoms with Crippen molar-refractivity contribution < 1.29 is 9.00 Å². The van der Waals surface area contributed by atoms with E-state index >= 15 is 0 Å². The van der Waals surface area contributed by atoms with Crippen molar-refractivity contribution in [2.75, 3.05) is 4.72 Å². The first-order valence-corrected chi connectivity index (χ1v) is 8.03. The molecule has 4 nitrogen and oxygen atoms in total. The molecule has 22 heavy (non-hydrogen) atoms. The number of carbonyl (C=O) groups is 1. The predicted octanol–water partition coefficient (Wildman–Crippen LogP) is 3.47. The molecular formula is C17H18N2O2S. The molecule has 0 radical (unpaired) electrons. The molecule has 0 bridgehead atoms. The van der Waals surface area contributed by atoms with Crippen LogP contribution in [0, 0.1) is 0 Å². The maximum absolute atomic E-state index is 12.3. The topological polar surface area (TPSA) is 58.2 Å². The molecule has 1 amide bonds. The van der Waals surface area contributed by atoms with Gasteiger partial charge in [0.1, 0.15) is 11.0 Å². The molecule has 0 saturated carbocycles. The maximum Gasteiger partial charge on any atom is 0.257 e. The van der Waals surface area contributed by atoms with Crippen LogP contribution in [0.3, 0.4) is 0 Å². The van der Waals surface area contributed by atoms with Crippen molar-refractivity contribution in [2.24, 2.45) is 0 Å². The number of carbonyl (C=O) groups excluding carboxylic acids is 1. The van der Waals surface area contributed by atoms with E-state index in [4.69, 9.17) is 0 Å². The molecule has 0 aliphatic heterocycles. The summed E-state index contributed by atoms with van der Waals surface area (Å²) in [6.07, 6.45) is 1.82. The van der Waals surface area contributed by atoms with E-state index in [0.717, 1.165) is 5.70 Å². The number of hydrogen-bond acceptors (Lipinski definition) is 2. The van der Waals surface area contributed by atoms with Gasteiger partial charge in [0.25, 0.3) is 5.91 Å². The zero-order chi connectivity index (χ0) is 15.9. The molecule has 0 spiro atoms. The van der Waals surface area contributed by atoms with Gasteiger partial charge in [0.05, 0.1) is 16.1 Å². The highest BCUT2D eigenvalue weighted by atomic mass is 32.2. The van der Waals surface area contributed by atoms with Crippen LogP contribution < -0.4 is 10.0 Å². The van der Waals surface area contributed by atoms with Crippen LogP contribution in [-0.2, 0) is 11.0 Å². The SMILES string of the molecule is C/C=C(\C)NC(=O)c1ccccc1NS(=O)c1ccccc1. The summed E-state index contributed by atoms with van der Waals surface area (Å²) < 4.78 is 15.2. The Labute approximate surface area is 132 Å². The third-order valence-corrected chi connectivity index (χ3v) is 4.18. The van der Waals surface area contributed by atoms with Crippen LogP contribution in [0.5, 0.6) is 0 Å². The van der Waals surface area contributed by atoms with Gasteiger partial charge >= 0.3 is 0 Å². The average Bonchev–Trinajstić information content (AvgIpc) is 2.55. The molecule has 0 fully saturated rings. The van der Waals surface area contributed by atoms with E-state index < -0.39 is 11.0 Å². The summed E-state index contributed by atoms with van der Waals surface area (Å²) in [5, 5.41) is 2.78. The molecule has 2 N–H and O–H groups in total. The number of nitrogens with one attached hydrogen (secondary N) is 2. The molecule has 114 valence electrons. The van der Waals surface area contributed by atoms with Gasteiger partial charge in [-0.1, -0.05) is 36.4 Å². The van der Waals surface area contributed by atoms with Crippen molar-refractivity contribution in [3.8, 4) is 0 Å². The van der Waals surface area contributed by atoms with Crippen molar-refractivity contribution in [2.45, 2.75) is 18.7 Å². The third kappa shape index (κ3) is 4.05. The van der Waals surface area contributed by atoms with E-state index in [1.54, 1.807) is 36.4 Å². The second kappa shape index (κ2) is 7.56. The minimum atomic E-state index is -1.42. The molecule has 2 aromatic rings. The van der Waals surface area contributed by atoms with Crippen molar-refractivity contribution in [3.05, 3.63) is 71.9 Å². The van der Waals surface area contributed by atoms with Gasteiger partial charge in [0.2, 0.25) is 0 Å². The summed E-state index contributed by atoms with van der Waals surface area (Å²) >= 11 is 0. The highest BCUT2D eigenvalue weighted by Crippen LogP contribution is 2.18. The first-order chi connectivity index (χ1) is 10.6. The van der Waals surface area contributed by atoms with Crippen LogP contribution in [-0.4, -0.2) is 10.1 Å². The standard InChI is InChI=1S/C17H18N2O2S/c1-3-13(2)18-17(20)15-11-7-8-12-16(15)19-22(21)14-9-5-4-6-10-14/h3-12,19H,1-2H3,(H,18,20)/b13-3+. The lowest BCUT2D eigenvalue weighted by Gasteiger charge is -2.12. The number of allylic oxidation sites excluding steroid dienone is 2. The lowest BCUT2D eigenvalue weighted by atomic mass is 10.1. The number of anilines is 1. The summed E-state index contributed by atoms with van der Waals surface area (Å²) in [5.41, 5.74) is 1.75. The van der Waals surface area contributed by atoms with Gasteiger partial charge in [0.15, 0.2) is 0 Å². The summed E-state index contributed by atoms with van der Waals surface area (Å²) in [7, 11) is -1.42. The Hall–Kier alpha value is -2.40. The molecule has 2 aromatic carbocycles. The Morgan fingerprint density at radius 3 is 2.36 bits per heavy atom. The van der Waals surface area contributed by atoms with Gasteiger partial charge in [0, 0.05) is 5.70 Å². The van der Waals surface area contributed by atoms with Crippen molar-refractivity contribution in [1.82, 2.24) is 5.32 Å². The van der Waals surface area contributed by atoms with Crippen LogP contribution in [0.1, 0.15) is 24.2 Å². The summed E-state index contributed by atoms with van der Waals surface area (Å²) in [5.74, 6) is -0.233. The highest BCUT2D eigenvalue weighted by molar-refractivity contribution is 7.86. The zero-order valence-corrected chi connectivity index (χ0v) is 13.3. The number of amides is 1. The van der Waals surface area contributed by atoms with Gasteiger partial charge in [-0.05, 0) is 38.1 Å². The van der Waals surface area contributed by atoms with E-state index in [1.807, 2.05) is 38.1 Å². The quantitative estimate of drug-likeness (QED) is 0.888. The van der Waals surface area contributed by atoms with E-state index in [1.165, 1.54) is 0 Å².